The van der Waals surface area contributed by atoms with Crippen LogP contribution in [0.2, 0.25) is 5.02 Å². The van der Waals surface area contributed by atoms with Crippen LogP contribution >= 0.6 is 11.6 Å². The van der Waals surface area contributed by atoms with Gasteiger partial charge in [0.05, 0.1) is 20.3 Å². The van der Waals surface area contributed by atoms with Gasteiger partial charge in [-0.3, -0.25) is 0 Å². The van der Waals surface area contributed by atoms with E-state index >= 15 is 0 Å². The topological polar surface area (TPSA) is 87.1 Å². The van der Waals surface area contributed by atoms with Crippen molar-refractivity contribution in [2.75, 3.05) is 33.5 Å². The number of pyridine rings is 1. The third-order valence-electron chi connectivity index (χ3n) is 6.46. The number of aryl methyl sites for hydroxylation is 2. The third kappa shape index (κ3) is 5.26. The number of aliphatic carboxylic acids is 1. The van der Waals surface area contributed by atoms with Crippen molar-refractivity contribution in [1.82, 2.24) is 4.98 Å². The molecule has 1 atom stereocenters. The number of benzene rings is 1. The van der Waals surface area contributed by atoms with E-state index in [2.05, 4.69) is 4.98 Å². The molecule has 2 fully saturated rings. The van der Waals surface area contributed by atoms with Crippen molar-refractivity contribution in [3.8, 4) is 22.8 Å². The number of methoxy groups -OCH3 is 1. The Balaban J connectivity index is 1.70. The van der Waals surface area contributed by atoms with Crippen LogP contribution in [-0.2, 0) is 20.7 Å². The van der Waals surface area contributed by atoms with Gasteiger partial charge in [0.2, 0.25) is 11.5 Å². The number of hydrogen-bond acceptors (Lipinski definition) is 6. The van der Waals surface area contributed by atoms with Crippen LogP contribution < -0.4 is 9.47 Å². The predicted octanol–water partition coefficient (Wildman–Crippen LogP) is 4.70. The average molecular weight is 476 g/mol. The largest absolute Gasteiger partial charge is 0.480 e. The number of rotatable bonds is 8. The highest BCUT2D eigenvalue weighted by Crippen LogP contribution is 2.39. The number of aromatic nitrogens is 1. The highest BCUT2D eigenvalue weighted by Gasteiger charge is 2.43. The number of carboxylic acids is 1. The molecule has 2 aromatic rings. The summed E-state index contributed by atoms with van der Waals surface area (Å²) in [5.41, 5.74) is 2.37. The van der Waals surface area contributed by atoms with E-state index < -0.39 is 11.6 Å². The summed E-state index contributed by atoms with van der Waals surface area (Å²) >= 11 is 6.64. The molecule has 8 heteroatoms. The van der Waals surface area contributed by atoms with Crippen LogP contribution in [0.1, 0.15) is 36.9 Å². The van der Waals surface area contributed by atoms with Crippen LogP contribution in [0.3, 0.4) is 0 Å². The van der Waals surface area contributed by atoms with Crippen LogP contribution in [-0.4, -0.2) is 55.2 Å². The Labute approximate surface area is 199 Å². The Morgan fingerprint density at radius 1 is 1.21 bits per heavy atom. The molecule has 2 aliphatic rings. The van der Waals surface area contributed by atoms with Crippen molar-refractivity contribution in [3.05, 3.63) is 40.5 Å². The molecular formula is C25H30ClNO6. The van der Waals surface area contributed by atoms with Crippen molar-refractivity contribution in [3.63, 3.8) is 0 Å². The molecule has 1 aromatic heterocycles. The summed E-state index contributed by atoms with van der Waals surface area (Å²) in [4.78, 5) is 16.4. The van der Waals surface area contributed by atoms with Gasteiger partial charge in [-0.2, -0.15) is 0 Å². The molecule has 33 heavy (non-hydrogen) atoms. The first kappa shape index (κ1) is 23.8. The molecule has 178 valence electrons. The second-order valence-electron chi connectivity index (χ2n) is 8.74. The summed E-state index contributed by atoms with van der Waals surface area (Å²) < 4.78 is 22.4. The predicted molar refractivity (Wildman–Crippen MR) is 124 cm³/mol. The Kier molecular flexibility index (Phi) is 7.41. The first-order valence-corrected chi connectivity index (χ1v) is 11.7. The summed E-state index contributed by atoms with van der Waals surface area (Å²) in [6.07, 6.45) is 3.43. The van der Waals surface area contributed by atoms with Crippen molar-refractivity contribution in [2.45, 2.75) is 44.6 Å². The molecule has 2 aliphatic heterocycles. The fourth-order valence-corrected chi connectivity index (χ4v) is 4.80. The molecule has 2 saturated heterocycles. The quantitative estimate of drug-likeness (QED) is 0.592. The van der Waals surface area contributed by atoms with Gasteiger partial charge in [-0.05, 0) is 61.4 Å². The van der Waals surface area contributed by atoms with E-state index in [-0.39, 0.29) is 0 Å². The van der Waals surface area contributed by atoms with E-state index in [0.717, 1.165) is 54.9 Å². The Morgan fingerprint density at radius 2 is 2.00 bits per heavy atom. The van der Waals surface area contributed by atoms with Crippen molar-refractivity contribution in [1.29, 1.82) is 0 Å². The van der Waals surface area contributed by atoms with E-state index in [0.29, 0.717) is 48.6 Å². The molecule has 3 heterocycles. The lowest BCUT2D eigenvalue weighted by Gasteiger charge is -2.33. The zero-order valence-electron chi connectivity index (χ0n) is 19.1. The van der Waals surface area contributed by atoms with Crippen molar-refractivity contribution >= 4 is 17.6 Å². The lowest BCUT2D eigenvalue weighted by Crippen LogP contribution is -2.49. The maximum absolute atomic E-state index is 12.1. The zero-order chi connectivity index (χ0) is 23.4. The van der Waals surface area contributed by atoms with Crippen LogP contribution in [0, 0.1) is 12.8 Å². The fraction of sp³-hybridized carbons (Fsp3) is 0.520. The standard InChI is InChI=1S/C25H30ClNO6/c1-16-13-21(22(26)23(27-16)30-2)20-6-5-19(14-18(20)4-3-17-7-10-32-15-17)33-25(24(28)29)8-11-31-12-9-25/h5-6,13-14,17H,3-4,7-12,15H2,1-2H3,(H,28,29). The minimum Gasteiger partial charge on any atom is -0.480 e. The van der Waals surface area contributed by atoms with Gasteiger partial charge in [0, 0.05) is 37.3 Å². The monoisotopic (exact) mass is 475 g/mol. The Bertz CT molecular complexity index is 999. The number of halogens is 1. The third-order valence-corrected chi connectivity index (χ3v) is 6.83. The molecular weight excluding hydrogens is 446 g/mol. The van der Waals surface area contributed by atoms with Crippen molar-refractivity contribution < 1.29 is 28.8 Å². The second kappa shape index (κ2) is 10.3. The molecule has 1 unspecified atom stereocenters. The molecule has 0 saturated carbocycles. The lowest BCUT2D eigenvalue weighted by molar-refractivity contribution is -0.163. The number of ether oxygens (including phenoxy) is 4. The molecule has 0 bridgehead atoms. The number of hydrogen-bond donors (Lipinski definition) is 1. The van der Waals surface area contributed by atoms with Gasteiger partial charge in [-0.1, -0.05) is 17.7 Å². The highest BCUT2D eigenvalue weighted by molar-refractivity contribution is 6.34. The lowest BCUT2D eigenvalue weighted by atomic mass is 9.92. The summed E-state index contributed by atoms with van der Waals surface area (Å²) in [6.45, 7) is 4.21. The molecule has 1 aromatic carbocycles. The van der Waals surface area contributed by atoms with Crippen LogP contribution in [0.25, 0.3) is 11.1 Å². The number of carbonyl (C=O) groups is 1. The van der Waals surface area contributed by atoms with Gasteiger partial charge in [0.1, 0.15) is 10.8 Å². The van der Waals surface area contributed by atoms with E-state index in [1.807, 2.05) is 31.2 Å². The fourth-order valence-electron chi connectivity index (χ4n) is 4.52. The Hall–Kier alpha value is -2.35. The maximum atomic E-state index is 12.1. The highest BCUT2D eigenvalue weighted by atomic mass is 35.5. The zero-order valence-corrected chi connectivity index (χ0v) is 19.8. The van der Waals surface area contributed by atoms with Gasteiger partial charge < -0.3 is 24.1 Å². The number of carboxylic acid groups (broad SMARTS) is 1. The van der Waals surface area contributed by atoms with Gasteiger partial charge in [0.15, 0.2) is 0 Å². The summed E-state index contributed by atoms with van der Waals surface area (Å²) in [7, 11) is 1.55. The van der Waals surface area contributed by atoms with Gasteiger partial charge >= 0.3 is 5.97 Å². The van der Waals surface area contributed by atoms with Gasteiger partial charge in [-0.15, -0.1) is 0 Å². The van der Waals surface area contributed by atoms with E-state index in [9.17, 15) is 9.90 Å². The molecule has 7 nitrogen and oxygen atoms in total. The van der Waals surface area contributed by atoms with Crippen LogP contribution in [0.4, 0.5) is 0 Å². The average Bonchev–Trinajstić information content (AvgIpc) is 3.33. The number of nitrogens with zero attached hydrogens (tertiary/aromatic N) is 1. The second-order valence-corrected chi connectivity index (χ2v) is 9.11. The smallest absolute Gasteiger partial charge is 0.348 e. The summed E-state index contributed by atoms with van der Waals surface area (Å²) in [6, 6.07) is 7.66. The van der Waals surface area contributed by atoms with E-state index in [4.69, 9.17) is 30.5 Å². The molecule has 0 aliphatic carbocycles. The van der Waals surface area contributed by atoms with Gasteiger partial charge in [0.25, 0.3) is 0 Å². The van der Waals surface area contributed by atoms with E-state index in [1.165, 1.54) is 0 Å². The normalized spacial score (nSPS) is 19.9. The van der Waals surface area contributed by atoms with Crippen LogP contribution in [0.15, 0.2) is 24.3 Å². The minimum absolute atomic E-state index is 0.311. The summed E-state index contributed by atoms with van der Waals surface area (Å²) in [5.74, 6) is 0.466. The first-order valence-electron chi connectivity index (χ1n) is 11.3. The first-order chi connectivity index (χ1) is 15.9. The minimum atomic E-state index is -1.27. The molecule has 0 amide bonds. The molecule has 0 spiro atoms. The SMILES string of the molecule is COc1nc(C)cc(-c2ccc(OC3(C(=O)O)CCOCC3)cc2CCC2CCOC2)c1Cl. The molecule has 1 N–H and O–H groups in total. The van der Waals surface area contributed by atoms with Crippen LogP contribution in [0.5, 0.6) is 11.6 Å². The van der Waals surface area contributed by atoms with Crippen molar-refractivity contribution in [2.24, 2.45) is 5.92 Å². The Morgan fingerprint density at radius 3 is 2.67 bits per heavy atom. The van der Waals surface area contributed by atoms with Gasteiger partial charge in [-0.25, -0.2) is 9.78 Å². The van der Waals surface area contributed by atoms with E-state index in [1.54, 1.807) is 7.11 Å². The maximum Gasteiger partial charge on any atom is 0.348 e. The summed E-state index contributed by atoms with van der Waals surface area (Å²) in [5, 5.41) is 10.3. The molecule has 0 radical (unpaired) electrons. The molecule has 4 rings (SSSR count).